The summed E-state index contributed by atoms with van der Waals surface area (Å²) in [5.41, 5.74) is 0. The number of rotatable bonds is 0. The van der Waals surface area contributed by atoms with Gasteiger partial charge in [0.05, 0.1) is 6.54 Å². The molecule has 2 aliphatic heterocycles. The summed E-state index contributed by atoms with van der Waals surface area (Å²) in [6, 6.07) is 0. The number of amidine groups is 1. The lowest BCUT2D eigenvalue weighted by Gasteiger charge is -2.13. The van der Waals surface area contributed by atoms with Crippen LogP contribution in [0.25, 0.3) is 0 Å². The summed E-state index contributed by atoms with van der Waals surface area (Å²) in [7, 11) is 0. The normalized spacial score (nSPS) is 22.2. The van der Waals surface area contributed by atoms with Crippen LogP contribution in [-0.4, -0.2) is 22.8 Å². The van der Waals surface area contributed by atoms with E-state index in [9.17, 15) is 0 Å². The van der Waals surface area contributed by atoms with E-state index >= 15 is 0 Å². The molecule has 3 nitrogen and oxygen atoms in total. The van der Waals surface area contributed by atoms with Gasteiger partial charge in [-0.15, -0.1) is 5.10 Å². The van der Waals surface area contributed by atoms with Crippen molar-refractivity contribution in [2.45, 2.75) is 0 Å². The molecule has 2 rings (SSSR count). The van der Waals surface area contributed by atoms with Gasteiger partial charge < -0.3 is 4.90 Å². The molecule has 0 atom stereocenters. The first-order chi connectivity index (χ1) is 4.47. The van der Waals surface area contributed by atoms with Gasteiger partial charge in [0, 0.05) is 12.4 Å². The zero-order valence-corrected chi connectivity index (χ0v) is 5.51. The van der Waals surface area contributed by atoms with E-state index in [1.807, 2.05) is 11.6 Å². The Hall–Kier alpha value is -0.770. The smallest absolute Gasteiger partial charge is 0.194 e. The number of fused-ring (bicyclic) bond motifs is 1. The third-order valence-electron chi connectivity index (χ3n) is 1.16. The molecule has 0 saturated heterocycles. The highest BCUT2D eigenvalue weighted by atomic mass is 32.2. The lowest BCUT2D eigenvalue weighted by molar-refractivity contribution is 0.651. The van der Waals surface area contributed by atoms with Crippen molar-refractivity contribution in [2.75, 3.05) is 6.54 Å². The third kappa shape index (κ3) is 0.751. The minimum absolute atomic E-state index is 0.863. The van der Waals surface area contributed by atoms with Gasteiger partial charge in [-0.3, -0.25) is 0 Å². The first-order valence-electron chi connectivity index (χ1n) is 2.66. The summed E-state index contributed by atoms with van der Waals surface area (Å²) >= 11 is 1.61. The molecule has 0 bridgehead atoms. The first kappa shape index (κ1) is 5.05. The maximum atomic E-state index is 3.90. The Morgan fingerprint density at radius 1 is 1.67 bits per heavy atom. The van der Waals surface area contributed by atoms with E-state index in [2.05, 4.69) is 15.1 Å². The summed E-state index contributed by atoms with van der Waals surface area (Å²) < 4.78 is 0. The van der Waals surface area contributed by atoms with Crippen molar-refractivity contribution >= 4 is 23.1 Å². The molecule has 0 aliphatic carbocycles. The maximum absolute atomic E-state index is 3.90. The Morgan fingerprint density at radius 3 is 3.56 bits per heavy atom. The summed E-state index contributed by atoms with van der Waals surface area (Å²) in [4.78, 5) is 2.05. The van der Waals surface area contributed by atoms with Gasteiger partial charge in [0.15, 0.2) is 5.17 Å². The van der Waals surface area contributed by atoms with Crippen molar-refractivity contribution in [2.24, 2.45) is 10.2 Å². The Morgan fingerprint density at radius 2 is 2.67 bits per heavy atom. The monoisotopic (exact) mass is 139 g/mol. The van der Waals surface area contributed by atoms with E-state index < -0.39 is 0 Å². The largest absolute Gasteiger partial charge is 0.320 e. The second-order valence-corrected chi connectivity index (χ2v) is 2.61. The Bertz CT molecular complexity index is 206. The molecule has 9 heavy (non-hydrogen) atoms. The molecule has 0 spiro atoms. The van der Waals surface area contributed by atoms with Gasteiger partial charge in [-0.1, -0.05) is 11.8 Å². The molecule has 2 aliphatic rings. The minimum Gasteiger partial charge on any atom is -0.320 e. The fraction of sp³-hybridized carbons (Fsp3) is 0.200. The lowest BCUT2D eigenvalue weighted by Crippen LogP contribution is -2.23. The van der Waals surface area contributed by atoms with Gasteiger partial charge in [-0.05, 0) is 5.41 Å². The Balaban J connectivity index is 2.29. The quantitative estimate of drug-likeness (QED) is 0.498. The predicted octanol–water partition coefficient (Wildman–Crippen LogP) is 0.862. The molecule has 46 valence electrons. The van der Waals surface area contributed by atoms with Gasteiger partial charge in [-0.2, -0.15) is 5.10 Å². The standard InChI is InChI=1S/C5H5N3S/c1-2-8-3-4-9-5(8)7-6-1/h1,3-4H,2H2. The van der Waals surface area contributed by atoms with Crippen molar-refractivity contribution in [3.8, 4) is 0 Å². The highest BCUT2D eigenvalue weighted by Crippen LogP contribution is 2.19. The summed E-state index contributed by atoms with van der Waals surface area (Å²) in [5, 5.41) is 10.7. The van der Waals surface area contributed by atoms with E-state index in [0.717, 1.165) is 11.7 Å². The van der Waals surface area contributed by atoms with Crippen molar-refractivity contribution in [3.63, 3.8) is 0 Å². The number of hydrogen-bond acceptors (Lipinski definition) is 4. The van der Waals surface area contributed by atoms with Gasteiger partial charge in [-0.25, -0.2) is 0 Å². The van der Waals surface area contributed by atoms with Crippen LogP contribution in [0, 0.1) is 0 Å². The first-order valence-corrected chi connectivity index (χ1v) is 3.54. The van der Waals surface area contributed by atoms with Crippen molar-refractivity contribution < 1.29 is 0 Å². The predicted molar refractivity (Wildman–Crippen MR) is 39.4 cm³/mol. The average molecular weight is 139 g/mol. The molecule has 2 heterocycles. The van der Waals surface area contributed by atoms with Crippen LogP contribution in [0.15, 0.2) is 21.8 Å². The molecule has 0 amide bonds. The van der Waals surface area contributed by atoms with Crippen LogP contribution in [0.5, 0.6) is 0 Å². The fourth-order valence-corrected chi connectivity index (χ4v) is 1.43. The van der Waals surface area contributed by atoms with Gasteiger partial charge in [0.1, 0.15) is 0 Å². The molecule has 4 heteroatoms. The highest BCUT2D eigenvalue weighted by Gasteiger charge is 2.14. The SMILES string of the molecule is C1=CN2CC=NN=C2S1. The van der Waals surface area contributed by atoms with Crippen LogP contribution in [0.1, 0.15) is 0 Å². The van der Waals surface area contributed by atoms with Crippen LogP contribution < -0.4 is 0 Å². The third-order valence-corrected chi connectivity index (χ3v) is 1.95. The topological polar surface area (TPSA) is 28.0 Å². The number of hydrogen-bond donors (Lipinski definition) is 0. The van der Waals surface area contributed by atoms with E-state index in [0.29, 0.717) is 0 Å². The van der Waals surface area contributed by atoms with E-state index in [1.165, 1.54) is 0 Å². The van der Waals surface area contributed by atoms with Crippen LogP contribution in [0.4, 0.5) is 0 Å². The van der Waals surface area contributed by atoms with Crippen LogP contribution >= 0.6 is 11.8 Å². The van der Waals surface area contributed by atoms with Crippen LogP contribution in [-0.2, 0) is 0 Å². The van der Waals surface area contributed by atoms with Gasteiger partial charge >= 0.3 is 0 Å². The summed E-state index contributed by atoms with van der Waals surface area (Å²) in [6.45, 7) is 0.863. The molecule has 0 unspecified atom stereocenters. The molecular formula is C5H5N3S. The highest BCUT2D eigenvalue weighted by molar-refractivity contribution is 8.16. The second kappa shape index (κ2) is 1.88. The molecule has 0 radical (unpaired) electrons. The molecule has 0 aromatic rings. The van der Waals surface area contributed by atoms with Crippen LogP contribution in [0.2, 0.25) is 0 Å². The second-order valence-electron chi connectivity index (χ2n) is 1.74. The zero-order chi connectivity index (χ0) is 6.10. The van der Waals surface area contributed by atoms with Gasteiger partial charge in [0.25, 0.3) is 0 Å². The Kier molecular flexibility index (Phi) is 1.05. The van der Waals surface area contributed by atoms with Gasteiger partial charge in [0.2, 0.25) is 0 Å². The number of nitrogens with zero attached hydrogens (tertiary/aromatic N) is 3. The van der Waals surface area contributed by atoms with E-state index in [1.54, 1.807) is 18.0 Å². The average Bonchev–Trinajstić information content (AvgIpc) is 2.33. The molecule has 0 fully saturated rings. The fourth-order valence-electron chi connectivity index (χ4n) is 0.731. The molecule has 0 saturated carbocycles. The Labute approximate surface area is 57.1 Å². The van der Waals surface area contributed by atoms with E-state index in [4.69, 9.17) is 0 Å². The van der Waals surface area contributed by atoms with Crippen LogP contribution in [0.3, 0.4) is 0 Å². The summed E-state index contributed by atoms with van der Waals surface area (Å²) in [5.74, 6) is 0. The maximum Gasteiger partial charge on any atom is 0.194 e. The van der Waals surface area contributed by atoms with E-state index in [-0.39, 0.29) is 0 Å². The lowest BCUT2D eigenvalue weighted by atomic mass is 10.6. The molecule has 0 aromatic heterocycles. The molecular weight excluding hydrogens is 134 g/mol. The molecule has 0 aromatic carbocycles. The summed E-state index contributed by atoms with van der Waals surface area (Å²) in [6.07, 6.45) is 3.80. The van der Waals surface area contributed by atoms with Crippen molar-refractivity contribution in [3.05, 3.63) is 11.6 Å². The zero-order valence-electron chi connectivity index (χ0n) is 4.69. The van der Waals surface area contributed by atoms with Crippen molar-refractivity contribution in [1.29, 1.82) is 0 Å². The number of thioether (sulfide) groups is 1. The molecule has 0 N–H and O–H groups in total. The minimum atomic E-state index is 0.863. The van der Waals surface area contributed by atoms with Crippen molar-refractivity contribution in [1.82, 2.24) is 4.90 Å².